The molecule has 1 aliphatic heterocycles. The summed E-state index contributed by atoms with van der Waals surface area (Å²) in [5, 5.41) is 17.0. The van der Waals surface area contributed by atoms with E-state index in [1.807, 2.05) is 31.3 Å². The van der Waals surface area contributed by atoms with E-state index in [2.05, 4.69) is 35.2 Å². The first-order chi connectivity index (χ1) is 12.2. The fourth-order valence-electron chi connectivity index (χ4n) is 2.89. The minimum atomic E-state index is 0.608. The fourth-order valence-corrected chi connectivity index (χ4v) is 2.89. The van der Waals surface area contributed by atoms with Gasteiger partial charge in [-0.3, -0.25) is 4.90 Å². The lowest BCUT2D eigenvalue weighted by Gasteiger charge is -2.34. The van der Waals surface area contributed by atoms with Gasteiger partial charge >= 0.3 is 0 Å². The van der Waals surface area contributed by atoms with Crippen molar-refractivity contribution >= 4 is 5.82 Å². The van der Waals surface area contributed by atoms with Gasteiger partial charge in [-0.25, -0.2) is 4.68 Å². The molecular weight excluding hydrogens is 320 g/mol. The molecule has 130 valence electrons. The fraction of sp³-hybridized carbons (Fsp3) is 0.438. The highest BCUT2D eigenvalue weighted by molar-refractivity contribution is 5.40. The number of hydrogen-bond donors (Lipinski definition) is 0. The summed E-state index contributed by atoms with van der Waals surface area (Å²) in [5.41, 5.74) is 0.957. The van der Waals surface area contributed by atoms with Crippen LogP contribution in [0.5, 0.6) is 0 Å². The lowest BCUT2D eigenvalue weighted by Crippen LogP contribution is -2.46. The molecule has 4 rings (SSSR count). The first-order valence-electron chi connectivity index (χ1n) is 8.30. The van der Waals surface area contributed by atoms with E-state index < -0.39 is 0 Å². The molecule has 1 saturated heterocycles. The number of aromatic nitrogens is 6. The van der Waals surface area contributed by atoms with Crippen molar-refractivity contribution in [3.63, 3.8) is 0 Å². The van der Waals surface area contributed by atoms with E-state index in [0.29, 0.717) is 12.4 Å². The van der Waals surface area contributed by atoms with Crippen molar-refractivity contribution in [2.24, 2.45) is 0 Å². The normalized spacial score (nSPS) is 15.7. The smallest absolute Gasteiger partial charge is 0.223 e. The zero-order valence-corrected chi connectivity index (χ0v) is 14.3. The second kappa shape index (κ2) is 6.60. The zero-order chi connectivity index (χ0) is 17.2. The van der Waals surface area contributed by atoms with Crippen LogP contribution in [-0.2, 0) is 6.54 Å². The van der Waals surface area contributed by atoms with Gasteiger partial charge in [-0.05, 0) is 25.1 Å². The molecule has 0 aliphatic carbocycles. The van der Waals surface area contributed by atoms with Crippen LogP contribution in [0, 0.1) is 13.8 Å². The van der Waals surface area contributed by atoms with Gasteiger partial charge in [0.05, 0.1) is 12.2 Å². The molecule has 0 atom stereocenters. The quantitative estimate of drug-likeness (QED) is 0.694. The molecule has 0 N–H and O–H groups in total. The third kappa shape index (κ3) is 3.50. The lowest BCUT2D eigenvalue weighted by atomic mass is 10.3. The van der Waals surface area contributed by atoms with Crippen LogP contribution in [0.1, 0.15) is 17.4 Å². The lowest BCUT2D eigenvalue weighted by molar-refractivity contribution is 0.239. The van der Waals surface area contributed by atoms with Gasteiger partial charge in [0.25, 0.3) is 0 Å². The molecule has 0 spiro atoms. The van der Waals surface area contributed by atoms with Crippen LogP contribution in [-0.4, -0.2) is 61.2 Å². The number of anilines is 1. The van der Waals surface area contributed by atoms with Gasteiger partial charge in [0, 0.05) is 39.3 Å². The Bertz CT molecular complexity index is 832. The van der Waals surface area contributed by atoms with E-state index in [1.165, 1.54) is 0 Å². The van der Waals surface area contributed by atoms with E-state index in [4.69, 9.17) is 4.52 Å². The van der Waals surface area contributed by atoms with Gasteiger partial charge in [0.2, 0.25) is 5.89 Å². The van der Waals surface area contributed by atoms with E-state index in [1.54, 1.807) is 11.6 Å². The van der Waals surface area contributed by atoms with Crippen molar-refractivity contribution in [3.05, 3.63) is 41.8 Å². The van der Waals surface area contributed by atoms with E-state index in [0.717, 1.165) is 49.3 Å². The molecule has 0 aromatic carbocycles. The van der Waals surface area contributed by atoms with Crippen molar-refractivity contribution < 1.29 is 4.52 Å². The average Bonchev–Trinajstić information content (AvgIpc) is 3.24. The van der Waals surface area contributed by atoms with Crippen molar-refractivity contribution in [1.82, 2.24) is 35.0 Å². The third-order valence-electron chi connectivity index (χ3n) is 4.22. The molecule has 0 amide bonds. The summed E-state index contributed by atoms with van der Waals surface area (Å²) in [7, 11) is 0. The van der Waals surface area contributed by atoms with Crippen LogP contribution in [0.3, 0.4) is 0 Å². The number of aryl methyl sites for hydroxylation is 2. The Morgan fingerprint density at radius 2 is 1.76 bits per heavy atom. The molecule has 25 heavy (non-hydrogen) atoms. The summed E-state index contributed by atoms with van der Waals surface area (Å²) in [6.07, 6.45) is 1.89. The Morgan fingerprint density at radius 3 is 2.36 bits per heavy atom. The topological polar surface area (TPSA) is 89.0 Å². The van der Waals surface area contributed by atoms with Crippen LogP contribution < -0.4 is 4.90 Å². The average molecular weight is 340 g/mol. The molecule has 0 saturated carbocycles. The monoisotopic (exact) mass is 340 g/mol. The van der Waals surface area contributed by atoms with Crippen molar-refractivity contribution in [3.8, 4) is 5.82 Å². The molecule has 1 aliphatic rings. The summed E-state index contributed by atoms with van der Waals surface area (Å²) < 4.78 is 6.76. The molecule has 3 aromatic rings. The zero-order valence-electron chi connectivity index (χ0n) is 14.3. The van der Waals surface area contributed by atoms with Crippen molar-refractivity contribution in [2.75, 3.05) is 31.1 Å². The molecule has 0 bridgehead atoms. The molecule has 9 nitrogen and oxygen atoms in total. The second-order valence-corrected chi connectivity index (χ2v) is 6.14. The Hall–Kier alpha value is -2.81. The first kappa shape index (κ1) is 15.7. The van der Waals surface area contributed by atoms with E-state index in [-0.39, 0.29) is 0 Å². The van der Waals surface area contributed by atoms with Crippen LogP contribution in [0.25, 0.3) is 5.82 Å². The highest BCUT2D eigenvalue weighted by Gasteiger charge is 2.20. The molecule has 0 radical (unpaired) electrons. The Kier molecular flexibility index (Phi) is 4.14. The van der Waals surface area contributed by atoms with Crippen LogP contribution in [0.2, 0.25) is 0 Å². The van der Waals surface area contributed by atoms with Gasteiger partial charge in [0.15, 0.2) is 17.5 Å². The number of piperazine rings is 1. The Morgan fingerprint density at radius 1 is 1.00 bits per heavy atom. The molecule has 9 heteroatoms. The van der Waals surface area contributed by atoms with Crippen LogP contribution in [0.4, 0.5) is 5.82 Å². The highest BCUT2D eigenvalue weighted by Crippen LogP contribution is 2.15. The molecule has 0 unspecified atom stereocenters. The largest absolute Gasteiger partial charge is 0.353 e. The summed E-state index contributed by atoms with van der Waals surface area (Å²) in [6, 6.07) is 5.89. The van der Waals surface area contributed by atoms with Gasteiger partial charge < -0.3 is 9.42 Å². The number of hydrogen-bond acceptors (Lipinski definition) is 8. The number of nitrogens with zero attached hydrogens (tertiary/aromatic N) is 8. The van der Waals surface area contributed by atoms with Crippen LogP contribution in [0.15, 0.2) is 28.9 Å². The van der Waals surface area contributed by atoms with E-state index >= 15 is 0 Å². The summed E-state index contributed by atoms with van der Waals surface area (Å²) in [5.74, 6) is 2.96. The Balaban J connectivity index is 1.36. The SMILES string of the molecule is Cc1ccn(-c2ccc(N3CCN(Cc4noc(C)n4)CC3)nn2)n1. The van der Waals surface area contributed by atoms with Gasteiger partial charge in [-0.15, -0.1) is 10.2 Å². The predicted molar refractivity (Wildman–Crippen MR) is 90.4 cm³/mol. The van der Waals surface area contributed by atoms with Gasteiger partial charge in [-0.2, -0.15) is 10.1 Å². The van der Waals surface area contributed by atoms with Gasteiger partial charge in [-0.1, -0.05) is 5.16 Å². The third-order valence-corrected chi connectivity index (χ3v) is 4.22. The molecular formula is C16H20N8O. The molecule has 3 aromatic heterocycles. The summed E-state index contributed by atoms with van der Waals surface area (Å²) >= 11 is 0. The minimum Gasteiger partial charge on any atom is -0.353 e. The summed E-state index contributed by atoms with van der Waals surface area (Å²) in [4.78, 5) is 8.81. The van der Waals surface area contributed by atoms with Gasteiger partial charge in [0.1, 0.15) is 0 Å². The first-order valence-corrected chi connectivity index (χ1v) is 8.30. The highest BCUT2D eigenvalue weighted by atomic mass is 16.5. The van der Waals surface area contributed by atoms with Crippen molar-refractivity contribution in [2.45, 2.75) is 20.4 Å². The Labute approximate surface area is 145 Å². The maximum absolute atomic E-state index is 5.02. The van der Waals surface area contributed by atoms with E-state index in [9.17, 15) is 0 Å². The minimum absolute atomic E-state index is 0.608. The number of rotatable bonds is 4. The van der Waals surface area contributed by atoms with Crippen LogP contribution >= 0.6 is 0 Å². The summed E-state index contributed by atoms with van der Waals surface area (Å²) in [6.45, 7) is 8.12. The predicted octanol–water partition coefficient (Wildman–Crippen LogP) is 0.984. The maximum Gasteiger partial charge on any atom is 0.223 e. The molecule has 1 fully saturated rings. The molecule has 4 heterocycles. The second-order valence-electron chi connectivity index (χ2n) is 6.14. The standard InChI is InChI=1S/C16H20N8O/c1-12-5-6-24(20-12)16-4-3-15(18-19-16)23-9-7-22(8-10-23)11-14-17-13(2)25-21-14/h3-6H,7-11H2,1-2H3. The maximum atomic E-state index is 5.02. The van der Waals surface area contributed by atoms with Crippen molar-refractivity contribution in [1.29, 1.82) is 0 Å².